The van der Waals surface area contributed by atoms with E-state index in [1.165, 1.54) is 30.6 Å². The van der Waals surface area contributed by atoms with Crippen LogP contribution in [0.3, 0.4) is 0 Å². The molecule has 0 saturated heterocycles. The molecule has 17 heavy (non-hydrogen) atoms. The van der Waals surface area contributed by atoms with E-state index in [0.29, 0.717) is 0 Å². The van der Waals surface area contributed by atoms with Crippen molar-refractivity contribution in [2.75, 3.05) is 0 Å². The predicted octanol–water partition coefficient (Wildman–Crippen LogP) is 0.143. The van der Waals surface area contributed by atoms with Gasteiger partial charge in [0.1, 0.15) is 0 Å². The number of sulfone groups is 1. The standard InChI is InChI=1S/C9H8N2O4S2/c12-16(13)6-3-8(7-16)11-17(14,15)9-1-4-10-5-2-9/h1-7,11H. The Morgan fingerprint density at radius 3 is 2.35 bits per heavy atom. The summed E-state index contributed by atoms with van der Waals surface area (Å²) in [6.07, 6.45) is 3.86. The van der Waals surface area contributed by atoms with Crippen LogP contribution in [0.15, 0.2) is 52.0 Å². The molecular weight excluding hydrogens is 264 g/mol. The van der Waals surface area contributed by atoms with E-state index in [9.17, 15) is 16.8 Å². The molecule has 0 atom stereocenters. The lowest BCUT2D eigenvalue weighted by atomic mass is 10.5. The van der Waals surface area contributed by atoms with Crippen LogP contribution >= 0.6 is 0 Å². The third kappa shape index (κ3) is 2.71. The minimum Gasteiger partial charge on any atom is -0.279 e. The van der Waals surface area contributed by atoms with Crippen molar-refractivity contribution >= 4 is 19.9 Å². The maximum atomic E-state index is 11.8. The second kappa shape index (κ2) is 3.97. The van der Waals surface area contributed by atoms with Gasteiger partial charge in [-0.05, 0) is 18.2 Å². The first-order chi connectivity index (χ1) is 7.89. The van der Waals surface area contributed by atoms with E-state index in [2.05, 4.69) is 9.71 Å². The molecule has 0 spiro atoms. The summed E-state index contributed by atoms with van der Waals surface area (Å²) in [5, 5.41) is 1.78. The Hall–Kier alpha value is -1.67. The van der Waals surface area contributed by atoms with Crippen LogP contribution in [0.2, 0.25) is 0 Å². The Labute approximate surface area is 98.7 Å². The molecule has 0 saturated carbocycles. The molecule has 8 heteroatoms. The normalized spacial score (nSPS) is 17.8. The molecule has 2 heterocycles. The third-order valence-corrected chi connectivity index (χ3v) is 4.44. The van der Waals surface area contributed by atoms with Gasteiger partial charge >= 0.3 is 0 Å². The van der Waals surface area contributed by atoms with Gasteiger partial charge in [-0.25, -0.2) is 16.8 Å². The van der Waals surface area contributed by atoms with Crippen LogP contribution in [-0.4, -0.2) is 21.8 Å². The van der Waals surface area contributed by atoms with Crippen molar-refractivity contribution in [3.05, 3.63) is 47.1 Å². The number of pyridine rings is 1. The quantitative estimate of drug-likeness (QED) is 0.845. The maximum absolute atomic E-state index is 11.8. The van der Waals surface area contributed by atoms with Gasteiger partial charge in [0, 0.05) is 17.8 Å². The highest BCUT2D eigenvalue weighted by Crippen LogP contribution is 2.14. The molecule has 0 aliphatic carbocycles. The number of rotatable bonds is 3. The second-order valence-electron chi connectivity index (χ2n) is 3.25. The minimum absolute atomic E-state index is 0.0156. The molecule has 0 radical (unpaired) electrons. The van der Waals surface area contributed by atoms with Crippen LogP contribution < -0.4 is 4.72 Å². The summed E-state index contributed by atoms with van der Waals surface area (Å²) in [6.45, 7) is 0. The minimum atomic E-state index is -3.77. The van der Waals surface area contributed by atoms with E-state index in [4.69, 9.17) is 0 Å². The lowest BCUT2D eigenvalue weighted by Crippen LogP contribution is -2.21. The molecule has 1 N–H and O–H groups in total. The number of sulfonamides is 1. The van der Waals surface area contributed by atoms with Crippen LogP contribution in [0, 0.1) is 0 Å². The summed E-state index contributed by atoms with van der Waals surface area (Å²) in [5.74, 6) is 0. The van der Waals surface area contributed by atoms with Crippen LogP contribution in [0.25, 0.3) is 0 Å². The molecule has 1 aliphatic heterocycles. The molecule has 0 fully saturated rings. The number of allylic oxidation sites excluding steroid dienone is 1. The molecule has 2 rings (SSSR count). The molecule has 1 aromatic rings. The SMILES string of the molecule is O=S1(=O)C=CC(NS(=O)(=O)c2ccncc2)=C1. The van der Waals surface area contributed by atoms with Gasteiger partial charge < -0.3 is 0 Å². The highest BCUT2D eigenvalue weighted by atomic mass is 32.2. The van der Waals surface area contributed by atoms with Crippen molar-refractivity contribution < 1.29 is 16.8 Å². The van der Waals surface area contributed by atoms with Gasteiger partial charge in [-0.2, -0.15) is 0 Å². The smallest absolute Gasteiger partial charge is 0.262 e. The molecule has 0 amide bonds. The fourth-order valence-electron chi connectivity index (χ4n) is 1.21. The second-order valence-corrected chi connectivity index (χ2v) is 6.62. The molecule has 90 valence electrons. The van der Waals surface area contributed by atoms with Crippen LogP contribution in [0.4, 0.5) is 0 Å². The fourth-order valence-corrected chi connectivity index (χ4v) is 3.23. The highest BCUT2D eigenvalue weighted by Gasteiger charge is 2.18. The molecule has 1 aromatic heterocycles. The monoisotopic (exact) mass is 272 g/mol. The maximum Gasteiger partial charge on any atom is 0.262 e. The van der Waals surface area contributed by atoms with E-state index >= 15 is 0 Å². The van der Waals surface area contributed by atoms with E-state index in [0.717, 1.165) is 10.8 Å². The first kappa shape index (κ1) is 11.8. The van der Waals surface area contributed by atoms with Crippen molar-refractivity contribution in [1.82, 2.24) is 9.71 Å². The van der Waals surface area contributed by atoms with Gasteiger partial charge in [-0.3, -0.25) is 9.71 Å². The van der Waals surface area contributed by atoms with Crippen LogP contribution in [-0.2, 0) is 19.9 Å². The van der Waals surface area contributed by atoms with Crippen LogP contribution in [0.1, 0.15) is 0 Å². The van der Waals surface area contributed by atoms with E-state index in [-0.39, 0.29) is 10.6 Å². The van der Waals surface area contributed by atoms with Gasteiger partial charge in [-0.15, -0.1) is 0 Å². The molecule has 1 aliphatic rings. The van der Waals surface area contributed by atoms with Gasteiger partial charge in [-0.1, -0.05) is 0 Å². The summed E-state index contributed by atoms with van der Waals surface area (Å²) in [7, 11) is -7.20. The Bertz CT molecular complexity index is 688. The van der Waals surface area contributed by atoms with E-state index in [1.54, 1.807) is 0 Å². The van der Waals surface area contributed by atoms with E-state index < -0.39 is 19.9 Å². The zero-order chi connectivity index (χ0) is 12.5. The van der Waals surface area contributed by atoms with Crippen molar-refractivity contribution in [3.63, 3.8) is 0 Å². The highest BCUT2D eigenvalue weighted by molar-refractivity contribution is 7.97. The van der Waals surface area contributed by atoms with Crippen molar-refractivity contribution in [2.45, 2.75) is 4.90 Å². The Kier molecular flexibility index (Phi) is 2.76. The first-order valence-corrected chi connectivity index (χ1v) is 7.56. The first-order valence-electron chi connectivity index (χ1n) is 4.47. The predicted molar refractivity (Wildman–Crippen MR) is 60.7 cm³/mol. The zero-order valence-corrected chi connectivity index (χ0v) is 10.1. The van der Waals surface area contributed by atoms with Gasteiger partial charge in [0.05, 0.1) is 16.0 Å². The molecule has 0 aromatic carbocycles. The number of hydrogen-bond acceptors (Lipinski definition) is 5. The summed E-state index contributed by atoms with van der Waals surface area (Å²) in [6, 6.07) is 2.63. The Morgan fingerprint density at radius 2 is 1.82 bits per heavy atom. The lowest BCUT2D eigenvalue weighted by molar-refractivity contribution is 0.589. The van der Waals surface area contributed by atoms with Crippen molar-refractivity contribution in [3.8, 4) is 0 Å². The Morgan fingerprint density at radius 1 is 1.18 bits per heavy atom. The summed E-state index contributed by atoms with van der Waals surface area (Å²) < 4.78 is 47.9. The largest absolute Gasteiger partial charge is 0.279 e. The molecular formula is C9H8N2O4S2. The van der Waals surface area contributed by atoms with Gasteiger partial charge in [0.2, 0.25) is 0 Å². The zero-order valence-electron chi connectivity index (χ0n) is 8.44. The molecule has 0 bridgehead atoms. The average Bonchev–Trinajstić information content (AvgIpc) is 2.58. The van der Waals surface area contributed by atoms with Crippen molar-refractivity contribution in [1.29, 1.82) is 0 Å². The lowest BCUT2D eigenvalue weighted by Gasteiger charge is -2.05. The molecule has 0 unspecified atom stereocenters. The molecule has 6 nitrogen and oxygen atoms in total. The van der Waals surface area contributed by atoms with Crippen LogP contribution in [0.5, 0.6) is 0 Å². The fraction of sp³-hybridized carbons (Fsp3) is 0. The van der Waals surface area contributed by atoms with Crippen molar-refractivity contribution in [2.24, 2.45) is 0 Å². The topological polar surface area (TPSA) is 93.2 Å². The van der Waals surface area contributed by atoms with Gasteiger partial charge in [0.25, 0.3) is 10.0 Å². The number of aromatic nitrogens is 1. The number of hydrogen-bond donors (Lipinski definition) is 1. The summed E-state index contributed by atoms with van der Waals surface area (Å²) >= 11 is 0. The Balaban J connectivity index is 2.30. The number of nitrogens with one attached hydrogen (secondary N) is 1. The van der Waals surface area contributed by atoms with E-state index in [1.807, 2.05) is 0 Å². The summed E-state index contributed by atoms with van der Waals surface area (Å²) in [5.41, 5.74) is 0.0156. The third-order valence-electron chi connectivity index (χ3n) is 1.94. The average molecular weight is 272 g/mol. The van der Waals surface area contributed by atoms with Gasteiger partial charge in [0.15, 0.2) is 9.84 Å². The number of nitrogens with zero attached hydrogens (tertiary/aromatic N) is 1. The summed E-state index contributed by atoms with van der Waals surface area (Å²) in [4.78, 5) is 3.72.